The van der Waals surface area contributed by atoms with Crippen LogP contribution in [0.4, 0.5) is 0 Å². The molecule has 68 valence electrons. The van der Waals surface area contributed by atoms with E-state index in [0.717, 1.165) is 12.2 Å². The number of hydrogen-bond donors (Lipinski definition) is 0. The molecule has 0 rings (SSSR count). The minimum atomic E-state index is -2.38. The van der Waals surface area contributed by atoms with E-state index < -0.39 is 5.77 Å². The van der Waals surface area contributed by atoms with Gasteiger partial charge in [0.1, 0.15) is 0 Å². The summed E-state index contributed by atoms with van der Waals surface area (Å²) in [6.07, 6.45) is 2.88. The normalized spacial score (nSPS) is 16.3. The molecule has 0 aliphatic carbocycles. The maximum atomic E-state index is 11.6. The van der Waals surface area contributed by atoms with Crippen molar-refractivity contribution in [2.24, 2.45) is 0 Å². The first-order valence-electron chi connectivity index (χ1n) is 3.63. The Morgan fingerprint density at radius 3 is 2.45 bits per heavy atom. The average Bonchev–Trinajstić information content (AvgIpc) is 2.02. The first kappa shape index (κ1) is 11.9. The van der Waals surface area contributed by atoms with Gasteiger partial charge in [-0.15, -0.1) is 0 Å². The van der Waals surface area contributed by atoms with Gasteiger partial charge in [-0.1, -0.05) is 29.7 Å². The highest BCUT2D eigenvalue weighted by atomic mass is 33.1. The lowest BCUT2D eigenvalue weighted by Gasteiger charge is -2.12. The first-order valence-corrected chi connectivity index (χ1v) is 8.68. The number of hydrogen-bond acceptors (Lipinski definition) is 4. The van der Waals surface area contributed by atoms with Crippen molar-refractivity contribution in [1.29, 1.82) is 0 Å². The average molecular weight is 214 g/mol. The Morgan fingerprint density at radius 2 is 2.09 bits per heavy atom. The van der Waals surface area contributed by atoms with Crippen molar-refractivity contribution in [2.45, 2.75) is 20.3 Å². The predicted molar refractivity (Wildman–Crippen MR) is 55.5 cm³/mol. The van der Waals surface area contributed by atoms with E-state index in [1.807, 2.05) is 13.2 Å². The van der Waals surface area contributed by atoms with Crippen molar-refractivity contribution in [2.75, 3.05) is 18.6 Å². The fourth-order valence-electron chi connectivity index (χ4n) is 0.504. The van der Waals surface area contributed by atoms with Crippen molar-refractivity contribution in [1.82, 2.24) is 0 Å². The molecule has 0 aliphatic heterocycles. The van der Waals surface area contributed by atoms with Gasteiger partial charge in [-0.3, -0.25) is 4.57 Å². The smallest absolute Gasteiger partial charge is 0.312 e. The molecule has 11 heavy (non-hydrogen) atoms. The van der Waals surface area contributed by atoms with Crippen LogP contribution in [0.25, 0.3) is 0 Å². The fourth-order valence-corrected chi connectivity index (χ4v) is 5.84. The number of rotatable bonds is 6. The molecule has 0 heterocycles. The summed E-state index contributed by atoms with van der Waals surface area (Å²) in [5.74, 6) is -1.47. The zero-order chi connectivity index (χ0) is 8.74. The molecule has 0 aromatic heterocycles. The van der Waals surface area contributed by atoms with E-state index in [-0.39, 0.29) is 0 Å². The minimum absolute atomic E-state index is 0.537. The topological polar surface area (TPSA) is 26.3 Å². The summed E-state index contributed by atoms with van der Waals surface area (Å²) in [5.41, 5.74) is 0. The molecule has 0 aliphatic rings. The van der Waals surface area contributed by atoms with Crippen molar-refractivity contribution >= 4 is 28.5 Å². The Bertz CT molecular complexity index is 141. The van der Waals surface area contributed by atoms with Crippen LogP contribution in [0.5, 0.6) is 0 Å². The second-order valence-corrected chi connectivity index (χ2v) is 9.51. The maximum absolute atomic E-state index is 11.6. The Hall–Kier alpha value is 0.890. The van der Waals surface area contributed by atoms with Crippen LogP contribution in [0.3, 0.4) is 0 Å². The monoisotopic (exact) mass is 214 g/mol. The fraction of sp³-hybridized carbons (Fsp3) is 1.00. The molecule has 0 aromatic carbocycles. The molecule has 0 spiro atoms. The minimum Gasteiger partial charge on any atom is -0.314 e. The predicted octanol–water partition coefficient (Wildman–Crippen LogP) is 3.64. The molecule has 2 nitrogen and oxygen atoms in total. The molecule has 0 saturated carbocycles. The molecule has 0 radical (unpaired) electrons. The molecule has 0 N–H and O–H groups in total. The second-order valence-electron chi connectivity index (χ2n) is 1.88. The molecular weight excluding hydrogens is 199 g/mol. The molecular formula is C6H15O2PS2. The van der Waals surface area contributed by atoms with E-state index in [1.54, 1.807) is 0 Å². The maximum Gasteiger partial charge on any atom is 0.312 e. The Morgan fingerprint density at radius 1 is 1.45 bits per heavy atom. The van der Waals surface area contributed by atoms with E-state index in [0.29, 0.717) is 6.61 Å². The van der Waals surface area contributed by atoms with Crippen molar-refractivity contribution in [3.63, 3.8) is 0 Å². The Balaban J connectivity index is 3.79. The standard InChI is InChI=1S/C6H15O2PS2/c1-4-6-11-9(7,10-3)8-5-2/h4-6H2,1-3H3. The molecule has 0 bridgehead atoms. The van der Waals surface area contributed by atoms with Crippen LogP contribution in [0.2, 0.25) is 0 Å². The van der Waals surface area contributed by atoms with Gasteiger partial charge < -0.3 is 4.52 Å². The highest BCUT2D eigenvalue weighted by Crippen LogP contribution is 2.68. The van der Waals surface area contributed by atoms with Crippen LogP contribution in [0, 0.1) is 0 Å². The molecule has 0 fully saturated rings. The summed E-state index contributed by atoms with van der Waals surface area (Å²) >= 11 is 2.78. The summed E-state index contributed by atoms with van der Waals surface area (Å²) < 4.78 is 16.8. The summed E-state index contributed by atoms with van der Waals surface area (Å²) in [4.78, 5) is 0. The van der Waals surface area contributed by atoms with Crippen LogP contribution < -0.4 is 0 Å². The Kier molecular flexibility index (Phi) is 6.93. The van der Waals surface area contributed by atoms with Crippen molar-refractivity contribution in [3.8, 4) is 0 Å². The van der Waals surface area contributed by atoms with Gasteiger partial charge in [0.15, 0.2) is 0 Å². The van der Waals surface area contributed by atoms with E-state index in [2.05, 4.69) is 6.92 Å². The van der Waals surface area contributed by atoms with Gasteiger partial charge in [0, 0.05) is 5.75 Å². The third kappa shape index (κ3) is 5.18. The van der Waals surface area contributed by atoms with Gasteiger partial charge in [0.2, 0.25) is 0 Å². The molecule has 0 amide bonds. The van der Waals surface area contributed by atoms with E-state index >= 15 is 0 Å². The van der Waals surface area contributed by atoms with Crippen LogP contribution >= 0.6 is 28.5 Å². The van der Waals surface area contributed by atoms with Crippen LogP contribution in [-0.4, -0.2) is 18.6 Å². The third-order valence-corrected chi connectivity index (χ3v) is 8.65. The largest absolute Gasteiger partial charge is 0.314 e. The van der Waals surface area contributed by atoms with Gasteiger partial charge >= 0.3 is 5.77 Å². The van der Waals surface area contributed by atoms with E-state index in [9.17, 15) is 4.57 Å². The molecule has 0 aromatic rings. The molecule has 5 heteroatoms. The lowest BCUT2D eigenvalue weighted by molar-refractivity contribution is 0.357. The van der Waals surface area contributed by atoms with Crippen LogP contribution in [0.1, 0.15) is 20.3 Å². The highest BCUT2D eigenvalue weighted by Gasteiger charge is 2.20. The lowest BCUT2D eigenvalue weighted by Crippen LogP contribution is -1.83. The molecule has 0 saturated heterocycles. The van der Waals surface area contributed by atoms with Crippen LogP contribution in [0.15, 0.2) is 0 Å². The molecule has 1 unspecified atom stereocenters. The van der Waals surface area contributed by atoms with Crippen molar-refractivity contribution in [3.05, 3.63) is 0 Å². The van der Waals surface area contributed by atoms with Gasteiger partial charge in [-0.25, -0.2) is 0 Å². The van der Waals surface area contributed by atoms with Gasteiger partial charge in [-0.05, 0) is 19.6 Å². The summed E-state index contributed by atoms with van der Waals surface area (Å²) in [6.45, 7) is 4.48. The van der Waals surface area contributed by atoms with Gasteiger partial charge in [0.25, 0.3) is 0 Å². The molecule has 1 atom stereocenters. The first-order chi connectivity index (χ1) is 5.18. The Labute approximate surface area is 76.8 Å². The lowest BCUT2D eigenvalue weighted by atomic mass is 10.6. The zero-order valence-corrected chi connectivity index (χ0v) is 9.73. The van der Waals surface area contributed by atoms with Crippen LogP contribution in [-0.2, 0) is 9.09 Å². The zero-order valence-electron chi connectivity index (χ0n) is 7.20. The van der Waals surface area contributed by atoms with Gasteiger partial charge in [0.05, 0.1) is 6.61 Å². The summed E-state index contributed by atoms with van der Waals surface area (Å²) in [6, 6.07) is 0. The van der Waals surface area contributed by atoms with Crippen molar-refractivity contribution < 1.29 is 9.09 Å². The van der Waals surface area contributed by atoms with E-state index in [1.165, 1.54) is 22.8 Å². The summed E-state index contributed by atoms with van der Waals surface area (Å²) in [7, 11) is 0. The SMILES string of the molecule is CCCSP(=O)(OCC)SC. The third-order valence-electron chi connectivity index (χ3n) is 0.964. The quantitative estimate of drug-likeness (QED) is 0.631. The second kappa shape index (κ2) is 6.41. The highest BCUT2D eigenvalue weighted by molar-refractivity contribution is 8.89. The van der Waals surface area contributed by atoms with Gasteiger partial charge in [-0.2, -0.15) is 0 Å². The van der Waals surface area contributed by atoms with E-state index in [4.69, 9.17) is 4.52 Å². The summed E-state index contributed by atoms with van der Waals surface area (Å²) in [5, 5.41) is 0.